The van der Waals surface area contributed by atoms with Gasteiger partial charge in [0.15, 0.2) is 11.5 Å². The SMILES string of the molecule is Cn1c2nc(=O)n(CCCCCC(=O)O)c(=O)c-2nc2ccc(C#N)cc21. The Morgan fingerprint density at radius 3 is 2.70 bits per heavy atom. The molecule has 2 heterocycles. The average molecular weight is 367 g/mol. The summed E-state index contributed by atoms with van der Waals surface area (Å²) in [5, 5.41) is 17.7. The van der Waals surface area contributed by atoms with Crippen molar-refractivity contribution < 1.29 is 9.90 Å². The van der Waals surface area contributed by atoms with Gasteiger partial charge in [0.2, 0.25) is 0 Å². The van der Waals surface area contributed by atoms with E-state index in [0.29, 0.717) is 35.9 Å². The van der Waals surface area contributed by atoms with Crippen LogP contribution in [0.1, 0.15) is 31.2 Å². The van der Waals surface area contributed by atoms with E-state index < -0.39 is 17.2 Å². The number of aryl methyl sites for hydroxylation is 1. The molecule has 2 aliphatic rings. The molecule has 0 atom stereocenters. The Morgan fingerprint density at radius 1 is 1.22 bits per heavy atom. The molecule has 1 N–H and O–H groups in total. The standard InChI is InChI=1S/C18H17N5O4/c1-22-13-9-11(10-19)6-7-12(13)20-15-16(22)21-18(27)23(17(15)26)8-4-2-3-5-14(24)25/h6-7,9H,2-5,8H2,1H3,(H,24,25). The van der Waals surface area contributed by atoms with Crippen LogP contribution in [-0.4, -0.2) is 30.2 Å². The zero-order valence-electron chi connectivity index (χ0n) is 14.7. The summed E-state index contributed by atoms with van der Waals surface area (Å²) in [5.74, 6) is -0.707. The average Bonchev–Trinajstić information content (AvgIpc) is 2.64. The van der Waals surface area contributed by atoms with Gasteiger partial charge in [-0.2, -0.15) is 10.2 Å². The smallest absolute Gasteiger partial charge is 0.352 e. The third-order valence-electron chi connectivity index (χ3n) is 4.38. The first-order valence-corrected chi connectivity index (χ1v) is 8.45. The third-order valence-corrected chi connectivity index (χ3v) is 4.38. The number of fused-ring (bicyclic) bond motifs is 2. The van der Waals surface area contributed by atoms with E-state index in [1.807, 2.05) is 6.07 Å². The molecular weight excluding hydrogens is 350 g/mol. The first-order chi connectivity index (χ1) is 12.9. The summed E-state index contributed by atoms with van der Waals surface area (Å²) < 4.78 is 2.62. The summed E-state index contributed by atoms with van der Waals surface area (Å²) in [6, 6.07) is 6.92. The van der Waals surface area contributed by atoms with Gasteiger partial charge in [-0.05, 0) is 31.0 Å². The predicted molar refractivity (Wildman–Crippen MR) is 96.5 cm³/mol. The van der Waals surface area contributed by atoms with Crippen LogP contribution < -0.4 is 11.2 Å². The molecule has 2 aliphatic heterocycles. The summed E-state index contributed by atoms with van der Waals surface area (Å²) >= 11 is 0. The number of hydrogen-bond donors (Lipinski definition) is 1. The summed E-state index contributed by atoms with van der Waals surface area (Å²) in [5.41, 5.74) is 0.453. The van der Waals surface area contributed by atoms with Crippen molar-refractivity contribution in [2.75, 3.05) is 0 Å². The van der Waals surface area contributed by atoms with Crippen LogP contribution in [-0.2, 0) is 18.4 Å². The number of rotatable bonds is 6. The van der Waals surface area contributed by atoms with E-state index >= 15 is 0 Å². The Balaban J connectivity index is 2.01. The molecule has 0 bridgehead atoms. The first kappa shape index (κ1) is 18.3. The van der Waals surface area contributed by atoms with Crippen molar-refractivity contribution >= 4 is 17.0 Å². The molecular formula is C18H17N5O4. The van der Waals surface area contributed by atoms with Crippen molar-refractivity contribution in [3.8, 4) is 17.6 Å². The predicted octanol–water partition coefficient (Wildman–Crippen LogP) is 1.11. The maximum atomic E-state index is 12.7. The second-order valence-corrected chi connectivity index (χ2v) is 6.21. The topological polar surface area (TPSA) is 131 Å². The highest BCUT2D eigenvalue weighted by Crippen LogP contribution is 2.20. The van der Waals surface area contributed by atoms with Gasteiger partial charge >= 0.3 is 11.7 Å². The van der Waals surface area contributed by atoms with Crippen LogP contribution in [0.15, 0.2) is 27.8 Å². The monoisotopic (exact) mass is 367 g/mol. The van der Waals surface area contributed by atoms with Gasteiger partial charge in [-0.15, -0.1) is 0 Å². The summed E-state index contributed by atoms with van der Waals surface area (Å²) in [6.07, 6.45) is 1.63. The highest BCUT2D eigenvalue weighted by molar-refractivity contribution is 5.80. The van der Waals surface area contributed by atoms with Gasteiger partial charge in [0, 0.05) is 20.0 Å². The molecule has 0 amide bonds. The van der Waals surface area contributed by atoms with Gasteiger partial charge in [-0.3, -0.25) is 14.2 Å². The van der Waals surface area contributed by atoms with Crippen LogP contribution in [0.3, 0.4) is 0 Å². The second kappa shape index (κ2) is 7.37. The molecule has 0 aliphatic carbocycles. The van der Waals surface area contributed by atoms with Crippen molar-refractivity contribution in [2.24, 2.45) is 7.05 Å². The number of nitriles is 1. The van der Waals surface area contributed by atoms with E-state index in [9.17, 15) is 14.4 Å². The number of carboxylic acid groups (broad SMARTS) is 1. The van der Waals surface area contributed by atoms with Crippen LogP contribution in [0.5, 0.6) is 0 Å². The Labute approximate surface area is 153 Å². The molecule has 0 saturated carbocycles. The minimum Gasteiger partial charge on any atom is -0.481 e. The molecule has 3 rings (SSSR count). The molecule has 0 saturated heterocycles. The lowest BCUT2D eigenvalue weighted by atomic mass is 10.2. The number of benzene rings is 1. The number of hydrogen-bond acceptors (Lipinski definition) is 6. The van der Waals surface area contributed by atoms with Gasteiger partial charge in [-0.1, -0.05) is 6.42 Å². The van der Waals surface area contributed by atoms with Crippen LogP contribution >= 0.6 is 0 Å². The Bertz CT molecular complexity index is 1160. The largest absolute Gasteiger partial charge is 0.481 e. The zero-order valence-corrected chi connectivity index (χ0v) is 14.7. The van der Waals surface area contributed by atoms with Crippen LogP contribution in [0.25, 0.3) is 22.6 Å². The molecule has 0 spiro atoms. The highest BCUT2D eigenvalue weighted by atomic mass is 16.4. The van der Waals surface area contributed by atoms with Crippen molar-refractivity contribution in [3.05, 3.63) is 44.6 Å². The molecule has 0 fully saturated rings. The van der Waals surface area contributed by atoms with Gasteiger partial charge in [-0.25, -0.2) is 9.78 Å². The number of aliphatic carboxylic acids is 1. The fraction of sp³-hybridized carbons (Fsp3) is 0.333. The number of carbonyl (C=O) groups is 1. The van der Waals surface area contributed by atoms with Gasteiger partial charge in [0.1, 0.15) is 0 Å². The molecule has 27 heavy (non-hydrogen) atoms. The van der Waals surface area contributed by atoms with E-state index in [4.69, 9.17) is 10.4 Å². The van der Waals surface area contributed by atoms with Crippen molar-refractivity contribution in [3.63, 3.8) is 0 Å². The third kappa shape index (κ3) is 3.55. The molecule has 9 heteroatoms. The number of nitrogens with zero attached hydrogens (tertiary/aromatic N) is 5. The fourth-order valence-electron chi connectivity index (χ4n) is 2.96. The lowest BCUT2D eigenvalue weighted by Crippen LogP contribution is -2.38. The molecule has 1 aromatic rings. The normalized spacial score (nSPS) is 11.0. The lowest BCUT2D eigenvalue weighted by molar-refractivity contribution is -0.137. The van der Waals surface area contributed by atoms with Crippen LogP contribution in [0.4, 0.5) is 0 Å². The van der Waals surface area contributed by atoms with E-state index in [1.165, 1.54) is 0 Å². The Morgan fingerprint density at radius 2 is 2.00 bits per heavy atom. The Hall–Kier alpha value is -3.54. The minimum atomic E-state index is -0.868. The quantitative estimate of drug-likeness (QED) is 0.510. The van der Waals surface area contributed by atoms with Gasteiger partial charge in [0.25, 0.3) is 5.56 Å². The van der Waals surface area contributed by atoms with E-state index in [2.05, 4.69) is 9.97 Å². The number of unbranched alkanes of at least 4 members (excludes halogenated alkanes) is 2. The molecule has 1 aromatic carbocycles. The first-order valence-electron chi connectivity index (χ1n) is 8.45. The van der Waals surface area contributed by atoms with Gasteiger partial charge < -0.3 is 9.67 Å². The highest BCUT2D eigenvalue weighted by Gasteiger charge is 2.20. The van der Waals surface area contributed by atoms with E-state index in [0.717, 1.165) is 4.57 Å². The molecule has 138 valence electrons. The zero-order chi connectivity index (χ0) is 19.6. The molecule has 0 unspecified atom stereocenters. The van der Waals surface area contributed by atoms with Crippen molar-refractivity contribution in [2.45, 2.75) is 32.2 Å². The second-order valence-electron chi connectivity index (χ2n) is 6.21. The molecule has 0 aromatic heterocycles. The summed E-state index contributed by atoms with van der Waals surface area (Å²) in [7, 11) is 1.66. The van der Waals surface area contributed by atoms with E-state index in [-0.39, 0.29) is 24.5 Å². The van der Waals surface area contributed by atoms with Gasteiger partial charge in [0.05, 0.1) is 22.7 Å². The van der Waals surface area contributed by atoms with Crippen molar-refractivity contribution in [1.29, 1.82) is 5.26 Å². The van der Waals surface area contributed by atoms with Crippen LogP contribution in [0.2, 0.25) is 0 Å². The molecule has 0 radical (unpaired) electrons. The summed E-state index contributed by atoms with van der Waals surface area (Å²) in [6.45, 7) is 0.164. The maximum absolute atomic E-state index is 12.7. The maximum Gasteiger partial charge on any atom is 0.352 e. The lowest BCUT2D eigenvalue weighted by Gasteiger charge is -2.14. The number of aromatic nitrogens is 4. The Kier molecular flexibility index (Phi) is 4.98. The summed E-state index contributed by atoms with van der Waals surface area (Å²) in [4.78, 5) is 43.9. The molecule has 9 nitrogen and oxygen atoms in total. The number of carboxylic acids is 1. The van der Waals surface area contributed by atoms with Crippen molar-refractivity contribution in [1.82, 2.24) is 19.1 Å². The fourth-order valence-corrected chi connectivity index (χ4v) is 2.96. The van der Waals surface area contributed by atoms with E-state index in [1.54, 1.807) is 29.8 Å². The van der Waals surface area contributed by atoms with Crippen LogP contribution in [0, 0.1) is 11.3 Å². The minimum absolute atomic E-state index is 0.0587.